The van der Waals surface area contributed by atoms with Gasteiger partial charge < -0.3 is 20.1 Å². The molecule has 1 atom stereocenters. The number of hydrogen-bond acceptors (Lipinski definition) is 3. The topological polar surface area (TPSA) is 61.8 Å². The van der Waals surface area contributed by atoms with Crippen molar-refractivity contribution in [2.24, 2.45) is 0 Å². The molecule has 0 saturated heterocycles. The normalized spacial score (nSPS) is 15.5. The van der Waals surface area contributed by atoms with Crippen LogP contribution in [0.5, 0.6) is 5.75 Å². The van der Waals surface area contributed by atoms with Crippen molar-refractivity contribution in [1.82, 2.24) is 10.2 Å². The number of amides is 2. The maximum absolute atomic E-state index is 12.0. The first-order chi connectivity index (χ1) is 9.70. The zero-order valence-electron chi connectivity index (χ0n) is 11.8. The van der Waals surface area contributed by atoms with Crippen molar-refractivity contribution in [2.45, 2.75) is 31.9 Å². The fraction of sp³-hybridized carbons (Fsp3) is 0.533. The quantitative estimate of drug-likeness (QED) is 0.796. The summed E-state index contributed by atoms with van der Waals surface area (Å²) in [4.78, 5) is 13.7. The molecule has 2 amide bonds. The summed E-state index contributed by atoms with van der Waals surface area (Å²) >= 11 is 0. The highest BCUT2D eigenvalue weighted by Gasteiger charge is 2.32. The predicted octanol–water partition coefficient (Wildman–Crippen LogP) is 1.62. The number of carbonyl (C=O) groups excluding carboxylic acids is 1. The first-order valence-corrected chi connectivity index (χ1v) is 7.07. The Morgan fingerprint density at radius 2 is 2.15 bits per heavy atom. The fourth-order valence-electron chi connectivity index (χ4n) is 2.05. The van der Waals surface area contributed by atoms with Crippen LogP contribution in [0.1, 0.15) is 19.8 Å². The Bertz CT molecular complexity index is 420. The summed E-state index contributed by atoms with van der Waals surface area (Å²) in [5, 5.41) is 11.8. The van der Waals surface area contributed by atoms with Crippen LogP contribution in [0.4, 0.5) is 4.79 Å². The number of aliphatic hydroxyl groups is 1. The molecule has 5 heteroatoms. The van der Waals surface area contributed by atoms with Crippen molar-refractivity contribution >= 4 is 6.03 Å². The van der Waals surface area contributed by atoms with Crippen molar-refractivity contribution in [3.63, 3.8) is 0 Å². The minimum atomic E-state index is -0.120. The van der Waals surface area contributed by atoms with Gasteiger partial charge in [-0.25, -0.2) is 4.79 Å². The van der Waals surface area contributed by atoms with Crippen LogP contribution in [-0.4, -0.2) is 47.9 Å². The summed E-state index contributed by atoms with van der Waals surface area (Å²) in [5.41, 5.74) is 0. The van der Waals surface area contributed by atoms with Gasteiger partial charge in [-0.15, -0.1) is 0 Å². The molecule has 20 heavy (non-hydrogen) atoms. The number of ether oxygens (including phenoxy) is 1. The lowest BCUT2D eigenvalue weighted by Gasteiger charge is -2.23. The Morgan fingerprint density at radius 1 is 1.45 bits per heavy atom. The maximum atomic E-state index is 12.0. The molecule has 1 aliphatic rings. The average Bonchev–Trinajstić information content (AvgIpc) is 3.28. The molecule has 0 spiro atoms. The van der Waals surface area contributed by atoms with Crippen LogP contribution in [0.15, 0.2) is 30.3 Å². The van der Waals surface area contributed by atoms with E-state index in [-0.39, 0.29) is 18.7 Å². The number of rotatable bonds is 7. The molecule has 0 aliphatic heterocycles. The summed E-state index contributed by atoms with van der Waals surface area (Å²) in [5.74, 6) is 0.795. The molecule has 1 aromatic carbocycles. The molecular formula is C15H22N2O3. The van der Waals surface area contributed by atoms with Gasteiger partial charge in [0, 0.05) is 12.6 Å². The highest BCUT2D eigenvalue weighted by atomic mass is 16.5. The Labute approximate surface area is 119 Å². The molecule has 1 unspecified atom stereocenters. The zero-order chi connectivity index (χ0) is 14.4. The lowest BCUT2D eigenvalue weighted by Crippen LogP contribution is -2.45. The van der Waals surface area contributed by atoms with E-state index in [0.717, 1.165) is 18.6 Å². The van der Waals surface area contributed by atoms with Gasteiger partial charge in [0.25, 0.3) is 0 Å². The van der Waals surface area contributed by atoms with Crippen LogP contribution in [0.25, 0.3) is 0 Å². The summed E-state index contributed by atoms with van der Waals surface area (Å²) < 4.78 is 5.70. The number of carbonyl (C=O) groups is 1. The van der Waals surface area contributed by atoms with Crippen molar-refractivity contribution < 1.29 is 14.6 Å². The summed E-state index contributed by atoms with van der Waals surface area (Å²) in [6.07, 6.45) is 1.96. The molecule has 0 aromatic heterocycles. The van der Waals surface area contributed by atoms with Gasteiger partial charge in [-0.2, -0.15) is 0 Å². The number of benzene rings is 1. The molecule has 2 rings (SSSR count). The van der Waals surface area contributed by atoms with Crippen molar-refractivity contribution in [3.8, 4) is 5.75 Å². The Balaban J connectivity index is 1.74. The van der Waals surface area contributed by atoms with Gasteiger partial charge in [-0.05, 0) is 31.9 Å². The van der Waals surface area contributed by atoms with Crippen molar-refractivity contribution in [3.05, 3.63) is 30.3 Å². The zero-order valence-corrected chi connectivity index (χ0v) is 11.8. The molecule has 5 nitrogen and oxygen atoms in total. The smallest absolute Gasteiger partial charge is 0.317 e. The van der Waals surface area contributed by atoms with Gasteiger partial charge in [0.15, 0.2) is 0 Å². The van der Waals surface area contributed by atoms with E-state index in [4.69, 9.17) is 9.84 Å². The van der Waals surface area contributed by atoms with E-state index < -0.39 is 0 Å². The molecule has 1 aliphatic carbocycles. The fourth-order valence-corrected chi connectivity index (χ4v) is 2.05. The van der Waals surface area contributed by atoms with Crippen molar-refractivity contribution in [2.75, 3.05) is 19.7 Å². The van der Waals surface area contributed by atoms with E-state index in [1.165, 1.54) is 0 Å². The summed E-state index contributed by atoms with van der Waals surface area (Å²) in [6, 6.07) is 9.72. The van der Waals surface area contributed by atoms with E-state index in [0.29, 0.717) is 19.1 Å². The van der Waals surface area contributed by atoms with Gasteiger partial charge >= 0.3 is 6.03 Å². The number of urea groups is 1. The molecular weight excluding hydrogens is 256 g/mol. The molecule has 0 heterocycles. The third-order valence-corrected chi connectivity index (χ3v) is 3.21. The van der Waals surface area contributed by atoms with Crippen molar-refractivity contribution in [1.29, 1.82) is 0 Å². The van der Waals surface area contributed by atoms with E-state index in [9.17, 15) is 4.79 Å². The molecule has 0 radical (unpaired) electrons. The number of aliphatic hydroxyl groups excluding tert-OH is 1. The molecule has 0 bridgehead atoms. The lowest BCUT2D eigenvalue weighted by molar-refractivity contribution is 0.165. The number of nitrogens with zero attached hydrogens (tertiary/aromatic N) is 1. The van der Waals surface area contributed by atoms with Gasteiger partial charge in [-0.3, -0.25) is 0 Å². The first kappa shape index (κ1) is 14.7. The van der Waals surface area contributed by atoms with Crippen LogP contribution in [0.2, 0.25) is 0 Å². The standard InChI is InChI=1S/C15H22N2O3/c1-12(20-14-5-3-2-4-6-14)11-16-15(19)17(9-10-18)13-7-8-13/h2-6,12-13,18H,7-11H2,1H3,(H,16,19). The third kappa shape index (κ3) is 4.42. The monoisotopic (exact) mass is 278 g/mol. The minimum Gasteiger partial charge on any atom is -0.489 e. The van der Waals surface area contributed by atoms with Gasteiger partial charge in [-0.1, -0.05) is 18.2 Å². The van der Waals surface area contributed by atoms with Gasteiger partial charge in [0.05, 0.1) is 13.2 Å². The second-order valence-corrected chi connectivity index (χ2v) is 5.08. The van der Waals surface area contributed by atoms with Crippen LogP contribution in [0, 0.1) is 0 Å². The van der Waals surface area contributed by atoms with Crippen LogP contribution in [-0.2, 0) is 0 Å². The van der Waals surface area contributed by atoms with E-state index in [2.05, 4.69) is 5.32 Å². The Morgan fingerprint density at radius 3 is 2.75 bits per heavy atom. The second-order valence-electron chi connectivity index (χ2n) is 5.08. The highest BCUT2D eigenvalue weighted by molar-refractivity contribution is 5.74. The highest BCUT2D eigenvalue weighted by Crippen LogP contribution is 2.26. The molecule has 1 saturated carbocycles. The molecule has 1 aromatic rings. The Kier molecular flexibility index (Phi) is 5.24. The van der Waals surface area contributed by atoms with E-state index in [1.54, 1.807) is 4.90 Å². The SMILES string of the molecule is CC(CNC(=O)N(CCO)C1CC1)Oc1ccccc1. The number of nitrogens with one attached hydrogen (secondary N) is 1. The second kappa shape index (κ2) is 7.14. The lowest BCUT2D eigenvalue weighted by atomic mass is 10.3. The molecule has 110 valence electrons. The third-order valence-electron chi connectivity index (χ3n) is 3.21. The average molecular weight is 278 g/mol. The summed E-state index contributed by atoms with van der Waals surface area (Å²) in [7, 11) is 0. The first-order valence-electron chi connectivity index (χ1n) is 7.07. The summed E-state index contributed by atoms with van der Waals surface area (Å²) in [6.45, 7) is 2.76. The largest absolute Gasteiger partial charge is 0.489 e. The molecule has 2 N–H and O–H groups in total. The Hall–Kier alpha value is -1.75. The van der Waals surface area contributed by atoms with Crippen LogP contribution in [0.3, 0.4) is 0 Å². The number of hydrogen-bond donors (Lipinski definition) is 2. The predicted molar refractivity (Wildman–Crippen MR) is 76.7 cm³/mol. The van der Waals surface area contributed by atoms with Gasteiger partial charge in [0.2, 0.25) is 0 Å². The maximum Gasteiger partial charge on any atom is 0.317 e. The van der Waals surface area contributed by atoms with Crippen LogP contribution < -0.4 is 10.1 Å². The number of para-hydroxylation sites is 1. The van der Waals surface area contributed by atoms with E-state index in [1.807, 2.05) is 37.3 Å². The van der Waals surface area contributed by atoms with Crippen LogP contribution >= 0.6 is 0 Å². The molecule has 1 fully saturated rings. The van der Waals surface area contributed by atoms with E-state index >= 15 is 0 Å². The van der Waals surface area contributed by atoms with Gasteiger partial charge in [0.1, 0.15) is 11.9 Å². The minimum absolute atomic E-state index is 0.0000110.